The molecule has 1 N–H and O–H groups in total. The second-order valence-corrected chi connectivity index (χ2v) is 9.46. The molecule has 2 aliphatic heterocycles. The van der Waals surface area contributed by atoms with E-state index in [1.165, 1.54) is 49.9 Å². The highest BCUT2D eigenvalue weighted by Gasteiger charge is 2.53. The maximum absolute atomic E-state index is 12.5. The summed E-state index contributed by atoms with van der Waals surface area (Å²) in [5, 5.41) is 9.87. The minimum atomic E-state index is -0.610. The van der Waals surface area contributed by atoms with Crippen LogP contribution >= 0.6 is 0 Å². The van der Waals surface area contributed by atoms with Crippen molar-refractivity contribution in [2.75, 3.05) is 13.1 Å². The molecule has 5 rings (SSSR count). The number of imidazole rings is 1. The molecule has 4 aliphatic rings. The minimum absolute atomic E-state index is 0.0599. The van der Waals surface area contributed by atoms with E-state index in [-0.39, 0.29) is 11.8 Å². The molecule has 1 atom stereocenters. The number of aliphatic hydroxyl groups is 1. The van der Waals surface area contributed by atoms with Gasteiger partial charge in [0.25, 0.3) is 0 Å². The fourth-order valence-electron chi connectivity index (χ4n) is 5.89. The number of nitrogens with zero attached hydrogens (tertiary/aromatic N) is 3. The standard InChI is InChI=1S/C20H29N3O2/c1-19(25)8-15(9-19)18(24)23-11-20(12-23)6-5-14(10-20)17-16-4-2-3-7-22(16)13-21-17/h13-15,25H,2-12H2,1H3/t14-,15?,19?/m1/s1. The molecular weight excluding hydrogens is 314 g/mol. The Labute approximate surface area is 149 Å². The minimum Gasteiger partial charge on any atom is -0.390 e. The number of rotatable bonds is 2. The lowest BCUT2D eigenvalue weighted by Crippen LogP contribution is -2.61. The van der Waals surface area contributed by atoms with Crippen molar-refractivity contribution < 1.29 is 9.90 Å². The van der Waals surface area contributed by atoms with Crippen molar-refractivity contribution in [3.05, 3.63) is 17.7 Å². The molecule has 0 unspecified atom stereocenters. The molecule has 0 bridgehead atoms. The van der Waals surface area contributed by atoms with Crippen molar-refractivity contribution in [2.45, 2.75) is 76.4 Å². The molecule has 1 spiro atoms. The van der Waals surface area contributed by atoms with Crippen LogP contribution in [0.15, 0.2) is 6.33 Å². The normalized spacial score (nSPS) is 36.0. The molecule has 1 amide bonds. The van der Waals surface area contributed by atoms with Gasteiger partial charge in [-0.25, -0.2) is 4.98 Å². The van der Waals surface area contributed by atoms with E-state index in [1.54, 1.807) is 0 Å². The number of likely N-dealkylation sites (tertiary alicyclic amines) is 1. The molecule has 0 radical (unpaired) electrons. The van der Waals surface area contributed by atoms with Crippen LogP contribution in [0.2, 0.25) is 0 Å². The Morgan fingerprint density at radius 3 is 2.84 bits per heavy atom. The molecule has 1 aromatic rings. The summed E-state index contributed by atoms with van der Waals surface area (Å²) in [7, 11) is 0. The lowest BCUT2D eigenvalue weighted by molar-refractivity contribution is -0.161. The summed E-state index contributed by atoms with van der Waals surface area (Å²) in [6.07, 6.45) is 10.7. The predicted octanol–water partition coefficient (Wildman–Crippen LogP) is 2.48. The van der Waals surface area contributed by atoms with Gasteiger partial charge in [0.1, 0.15) is 0 Å². The first-order valence-electron chi connectivity index (χ1n) is 10.00. The Kier molecular flexibility index (Phi) is 3.38. The number of carbonyl (C=O) groups excluding carboxylic acids is 1. The number of fused-ring (bicyclic) bond motifs is 1. The highest BCUT2D eigenvalue weighted by molar-refractivity contribution is 5.81. The van der Waals surface area contributed by atoms with Crippen LogP contribution in [0.5, 0.6) is 0 Å². The molecule has 2 aliphatic carbocycles. The maximum atomic E-state index is 12.5. The Morgan fingerprint density at radius 2 is 2.08 bits per heavy atom. The van der Waals surface area contributed by atoms with Crippen molar-refractivity contribution in [1.82, 2.24) is 14.5 Å². The maximum Gasteiger partial charge on any atom is 0.225 e. The van der Waals surface area contributed by atoms with Crippen LogP contribution in [0.3, 0.4) is 0 Å². The van der Waals surface area contributed by atoms with Gasteiger partial charge >= 0.3 is 0 Å². The van der Waals surface area contributed by atoms with E-state index in [2.05, 4.69) is 4.57 Å². The zero-order valence-corrected chi connectivity index (χ0v) is 15.2. The Morgan fingerprint density at radius 1 is 1.28 bits per heavy atom. The highest BCUT2D eigenvalue weighted by atomic mass is 16.3. The molecule has 5 heteroatoms. The van der Waals surface area contributed by atoms with Gasteiger partial charge in [-0.3, -0.25) is 4.79 Å². The van der Waals surface area contributed by atoms with Gasteiger partial charge in [0.05, 0.1) is 17.6 Å². The van der Waals surface area contributed by atoms with Crippen molar-refractivity contribution in [3.8, 4) is 0 Å². The van der Waals surface area contributed by atoms with E-state index in [0.29, 0.717) is 24.2 Å². The summed E-state index contributed by atoms with van der Waals surface area (Å²) in [5.74, 6) is 0.931. The van der Waals surface area contributed by atoms with Gasteiger partial charge in [0.2, 0.25) is 5.91 Å². The zero-order chi connectivity index (χ0) is 17.2. The first-order valence-corrected chi connectivity index (χ1v) is 10.00. The largest absolute Gasteiger partial charge is 0.390 e. The SMILES string of the molecule is CC1(O)CC(C(=O)N2CC3(CC[C@@H](c4ncn5c4CCCC5)C3)C2)C1. The van der Waals surface area contributed by atoms with Crippen LogP contribution in [0.4, 0.5) is 0 Å². The summed E-state index contributed by atoms with van der Waals surface area (Å²) in [5.41, 5.74) is 2.58. The monoisotopic (exact) mass is 343 g/mol. The molecule has 3 fully saturated rings. The van der Waals surface area contributed by atoms with E-state index in [0.717, 1.165) is 19.6 Å². The molecule has 0 aromatic carbocycles. The summed E-state index contributed by atoms with van der Waals surface area (Å²) < 4.78 is 2.36. The van der Waals surface area contributed by atoms with Gasteiger partial charge in [0.15, 0.2) is 0 Å². The second-order valence-electron chi connectivity index (χ2n) is 9.46. The first kappa shape index (κ1) is 15.9. The van der Waals surface area contributed by atoms with Crippen LogP contribution < -0.4 is 0 Å². The average molecular weight is 343 g/mol. The lowest BCUT2D eigenvalue weighted by atomic mass is 9.69. The van der Waals surface area contributed by atoms with Crippen molar-refractivity contribution in [3.63, 3.8) is 0 Å². The molecule has 2 saturated carbocycles. The molecule has 1 aromatic heterocycles. The van der Waals surface area contributed by atoms with Gasteiger partial charge in [-0.1, -0.05) is 0 Å². The number of carbonyl (C=O) groups is 1. The Hall–Kier alpha value is -1.36. The van der Waals surface area contributed by atoms with Crippen LogP contribution in [0.1, 0.15) is 69.2 Å². The molecular formula is C20H29N3O2. The summed E-state index contributed by atoms with van der Waals surface area (Å²) in [4.78, 5) is 19.4. The zero-order valence-electron chi connectivity index (χ0n) is 15.2. The van der Waals surface area contributed by atoms with Gasteiger partial charge < -0.3 is 14.6 Å². The van der Waals surface area contributed by atoms with E-state index < -0.39 is 5.60 Å². The first-order chi connectivity index (χ1) is 11.9. The van der Waals surface area contributed by atoms with Crippen molar-refractivity contribution >= 4 is 5.91 Å². The molecule has 3 heterocycles. The third-order valence-electron chi connectivity index (χ3n) is 7.22. The third-order valence-corrected chi connectivity index (χ3v) is 7.22. The highest BCUT2D eigenvalue weighted by Crippen LogP contribution is 2.53. The van der Waals surface area contributed by atoms with Gasteiger partial charge in [-0.05, 0) is 58.3 Å². The number of aryl methyl sites for hydroxylation is 1. The molecule has 25 heavy (non-hydrogen) atoms. The van der Waals surface area contributed by atoms with Crippen LogP contribution in [0.25, 0.3) is 0 Å². The van der Waals surface area contributed by atoms with Gasteiger partial charge in [0, 0.05) is 42.6 Å². The van der Waals surface area contributed by atoms with E-state index >= 15 is 0 Å². The van der Waals surface area contributed by atoms with Crippen molar-refractivity contribution in [2.24, 2.45) is 11.3 Å². The fourth-order valence-corrected chi connectivity index (χ4v) is 5.89. The number of aromatic nitrogens is 2. The number of amides is 1. The summed E-state index contributed by atoms with van der Waals surface area (Å²) in [6.45, 7) is 4.82. The molecule has 136 valence electrons. The number of hydrogen-bond donors (Lipinski definition) is 1. The van der Waals surface area contributed by atoms with Gasteiger partial charge in [-0.15, -0.1) is 0 Å². The summed E-state index contributed by atoms with van der Waals surface area (Å²) in [6, 6.07) is 0. The Bertz CT molecular complexity index is 694. The van der Waals surface area contributed by atoms with Crippen molar-refractivity contribution in [1.29, 1.82) is 0 Å². The van der Waals surface area contributed by atoms with E-state index in [1.807, 2.05) is 18.2 Å². The Balaban J connectivity index is 1.21. The lowest BCUT2D eigenvalue weighted by Gasteiger charge is -2.52. The van der Waals surface area contributed by atoms with Crippen LogP contribution in [-0.4, -0.2) is 44.2 Å². The number of hydrogen-bond acceptors (Lipinski definition) is 3. The second kappa shape index (κ2) is 5.32. The predicted molar refractivity (Wildman–Crippen MR) is 94.1 cm³/mol. The van der Waals surface area contributed by atoms with Crippen LogP contribution in [-0.2, 0) is 17.8 Å². The summed E-state index contributed by atoms with van der Waals surface area (Å²) >= 11 is 0. The van der Waals surface area contributed by atoms with E-state index in [4.69, 9.17) is 4.98 Å². The quantitative estimate of drug-likeness (QED) is 0.897. The molecule has 5 nitrogen and oxygen atoms in total. The topological polar surface area (TPSA) is 58.4 Å². The average Bonchev–Trinajstić information content (AvgIpc) is 3.14. The smallest absolute Gasteiger partial charge is 0.225 e. The third kappa shape index (κ3) is 2.54. The molecule has 1 saturated heterocycles. The van der Waals surface area contributed by atoms with E-state index in [9.17, 15) is 9.90 Å². The van der Waals surface area contributed by atoms with Gasteiger partial charge in [-0.2, -0.15) is 0 Å². The van der Waals surface area contributed by atoms with Crippen LogP contribution in [0, 0.1) is 11.3 Å². The fraction of sp³-hybridized carbons (Fsp3) is 0.800.